The predicted molar refractivity (Wildman–Crippen MR) is 96.5 cm³/mol. The fourth-order valence-corrected chi connectivity index (χ4v) is 3.26. The van der Waals surface area contributed by atoms with Crippen molar-refractivity contribution in [1.82, 2.24) is 15.1 Å². The van der Waals surface area contributed by atoms with Gasteiger partial charge in [-0.25, -0.2) is 0 Å². The molecule has 2 aromatic carbocycles. The molecule has 0 saturated carbocycles. The predicted octanol–water partition coefficient (Wildman–Crippen LogP) is 2.66. The fourth-order valence-electron chi connectivity index (χ4n) is 3.26. The minimum Gasteiger partial charge on any atom is -0.336 e. The molecule has 126 valence electrons. The molecular formula is C20H20N4O. The number of hydrogen-bond donors (Lipinski definition) is 2. The largest absolute Gasteiger partial charge is 0.336 e. The van der Waals surface area contributed by atoms with Crippen molar-refractivity contribution in [2.75, 3.05) is 6.54 Å². The lowest BCUT2D eigenvalue weighted by Crippen LogP contribution is -2.41. The summed E-state index contributed by atoms with van der Waals surface area (Å²) in [7, 11) is 0. The molecule has 5 nitrogen and oxygen atoms in total. The molecule has 3 N–H and O–H groups in total. The minimum absolute atomic E-state index is 0.0423. The quantitative estimate of drug-likeness (QED) is 0.774. The van der Waals surface area contributed by atoms with Crippen LogP contribution >= 0.6 is 0 Å². The van der Waals surface area contributed by atoms with Gasteiger partial charge in [0, 0.05) is 30.8 Å². The molecule has 4 rings (SSSR count). The van der Waals surface area contributed by atoms with Crippen molar-refractivity contribution < 1.29 is 4.79 Å². The summed E-state index contributed by atoms with van der Waals surface area (Å²) in [5.41, 5.74) is 11.5. The highest BCUT2D eigenvalue weighted by molar-refractivity contribution is 5.83. The Kier molecular flexibility index (Phi) is 4.07. The molecule has 25 heavy (non-hydrogen) atoms. The molecule has 3 aromatic rings. The van der Waals surface area contributed by atoms with Crippen LogP contribution in [0.5, 0.6) is 0 Å². The Balaban J connectivity index is 1.49. The van der Waals surface area contributed by atoms with Crippen molar-refractivity contribution in [1.29, 1.82) is 0 Å². The normalized spacial score (nSPS) is 14.8. The minimum atomic E-state index is -0.640. The maximum atomic E-state index is 12.8. The van der Waals surface area contributed by atoms with E-state index in [4.69, 9.17) is 5.73 Å². The van der Waals surface area contributed by atoms with Crippen molar-refractivity contribution in [3.05, 3.63) is 77.6 Å². The third kappa shape index (κ3) is 3.06. The SMILES string of the molecule is NC(C(=O)N1CCc2[nH]ncc2C1)c1ccc(-c2ccccc2)cc1. The van der Waals surface area contributed by atoms with E-state index in [-0.39, 0.29) is 5.91 Å². The Labute approximate surface area is 146 Å². The number of rotatable bonds is 3. The van der Waals surface area contributed by atoms with Crippen LogP contribution in [0.1, 0.15) is 22.9 Å². The molecule has 5 heteroatoms. The standard InChI is InChI=1S/C20H20N4O/c21-19(20(25)24-11-10-18-17(13-24)12-22-23-18)16-8-6-15(7-9-16)14-4-2-1-3-5-14/h1-9,12,19H,10-11,13,21H2,(H,22,23). The van der Waals surface area contributed by atoms with Gasteiger partial charge >= 0.3 is 0 Å². The average Bonchev–Trinajstić information content (AvgIpc) is 3.15. The Morgan fingerprint density at radius 3 is 2.56 bits per heavy atom. The summed E-state index contributed by atoms with van der Waals surface area (Å²) < 4.78 is 0. The Morgan fingerprint density at radius 2 is 1.80 bits per heavy atom. The molecule has 0 saturated heterocycles. The number of benzene rings is 2. The van der Waals surface area contributed by atoms with Crippen molar-refractivity contribution in [2.45, 2.75) is 19.0 Å². The van der Waals surface area contributed by atoms with Gasteiger partial charge in [0.05, 0.1) is 6.20 Å². The number of hydrogen-bond acceptors (Lipinski definition) is 3. The van der Waals surface area contributed by atoms with Gasteiger partial charge in [-0.3, -0.25) is 9.89 Å². The van der Waals surface area contributed by atoms with Crippen molar-refractivity contribution in [3.63, 3.8) is 0 Å². The second kappa shape index (κ2) is 6.53. The van der Waals surface area contributed by atoms with Gasteiger partial charge in [-0.2, -0.15) is 5.10 Å². The smallest absolute Gasteiger partial charge is 0.244 e. The number of aromatic amines is 1. The zero-order valence-corrected chi connectivity index (χ0v) is 13.9. The van der Waals surface area contributed by atoms with Crippen LogP contribution in [-0.4, -0.2) is 27.5 Å². The van der Waals surface area contributed by atoms with E-state index in [9.17, 15) is 4.79 Å². The van der Waals surface area contributed by atoms with Crippen LogP contribution in [0, 0.1) is 0 Å². The van der Waals surface area contributed by atoms with Crippen LogP contribution in [0.2, 0.25) is 0 Å². The number of carbonyl (C=O) groups excluding carboxylic acids is 1. The van der Waals surface area contributed by atoms with E-state index in [1.807, 2.05) is 47.4 Å². The highest BCUT2D eigenvalue weighted by Gasteiger charge is 2.26. The van der Waals surface area contributed by atoms with E-state index in [0.29, 0.717) is 13.1 Å². The van der Waals surface area contributed by atoms with Crippen molar-refractivity contribution in [3.8, 4) is 11.1 Å². The van der Waals surface area contributed by atoms with Crippen LogP contribution in [0.3, 0.4) is 0 Å². The van der Waals surface area contributed by atoms with Gasteiger partial charge in [-0.05, 0) is 16.7 Å². The fraction of sp³-hybridized carbons (Fsp3) is 0.200. The van der Waals surface area contributed by atoms with Crippen molar-refractivity contribution in [2.24, 2.45) is 5.73 Å². The lowest BCUT2D eigenvalue weighted by atomic mass is 9.99. The topological polar surface area (TPSA) is 75.0 Å². The van der Waals surface area contributed by atoms with Gasteiger partial charge in [0.25, 0.3) is 0 Å². The molecule has 2 heterocycles. The number of nitrogens with zero attached hydrogens (tertiary/aromatic N) is 2. The molecule has 1 aliphatic heterocycles. The van der Waals surface area contributed by atoms with Gasteiger partial charge in [-0.1, -0.05) is 54.6 Å². The number of nitrogens with two attached hydrogens (primary N) is 1. The number of carbonyl (C=O) groups is 1. The first-order valence-corrected chi connectivity index (χ1v) is 8.43. The Morgan fingerprint density at radius 1 is 1.08 bits per heavy atom. The second-order valence-electron chi connectivity index (χ2n) is 6.35. The first kappa shape index (κ1) is 15.6. The Hall–Kier alpha value is -2.92. The van der Waals surface area contributed by atoms with Gasteiger partial charge < -0.3 is 10.6 Å². The summed E-state index contributed by atoms with van der Waals surface area (Å²) in [6.07, 6.45) is 2.58. The lowest BCUT2D eigenvalue weighted by Gasteiger charge is -2.29. The molecule has 1 aliphatic rings. The number of fused-ring (bicyclic) bond motifs is 1. The lowest BCUT2D eigenvalue weighted by molar-refractivity contribution is -0.133. The highest BCUT2D eigenvalue weighted by Crippen LogP contribution is 2.24. The molecule has 1 amide bonds. The zero-order valence-electron chi connectivity index (χ0n) is 13.9. The summed E-state index contributed by atoms with van der Waals surface area (Å²) in [5.74, 6) is -0.0423. The molecule has 0 radical (unpaired) electrons. The van der Waals surface area contributed by atoms with E-state index in [2.05, 4.69) is 22.3 Å². The summed E-state index contributed by atoms with van der Waals surface area (Å²) in [5, 5.41) is 7.03. The van der Waals surface area contributed by atoms with Gasteiger partial charge in [0.15, 0.2) is 0 Å². The van der Waals surface area contributed by atoms with E-state index in [0.717, 1.165) is 34.4 Å². The molecule has 0 bridgehead atoms. The first-order chi connectivity index (χ1) is 12.2. The van der Waals surface area contributed by atoms with Crippen LogP contribution < -0.4 is 5.73 Å². The van der Waals surface area contributed by atoms with Crippen LogP contribution in [0.25, 0.3) is 11.1 Å². The third-order valence-electron chi connectivity index (χ3n) is 4.76. The second-order valence-corrected chi connectivity index (χ2v) is 6.35. The maximum absolute atomic E-state index is 12.8. The number of amides is 1. The van der Waals surface area contributed by atoms with Gasteiger partial charge in [0.1, 0.15) is 6.04 Å². The molecule has 0 aliphatic carbocycles. The van der Waals surface area contributed by atoms with Crippen LogP contribution in [-0.2, 0) is 17.8 Å². The molecule has 1 unspecified atom stereocenters. The molecule has 0 spiro atoms. The summed E-state index contributed by atoms with van der Waals surface area (Å²) >= 11 is 0. The van der Waals surface area contributed by atoms with Gasteiger partial charge in [-0.15, -0.1) is 0 Å². The Bertz CT molecular complexity index is 870. The maximum Gasteiger partial charge on any atom is 0.244 e. The van der Waals surface area contributed by atoms with E-state index < -0.39 is 6.04 Å². The first-order valence-electron chi connectivity index (χ1n) is 8.43. The van der Waals surface area contributed by atoms with E-state index in [1.54, 1.807) is 6.20 Å². The molecular weight excluding hydrogens is 312 g/mol. The highest BCUT2D eigenvalue weighted by atomic mass is 16.2. The van der Waals surface area contributed by atoms with Gasteiger partial charge in [0.2, 0.25) is 5.91 Å². The summed E-state index contributed by atoms with van der Waals surface area (Å²) in [4.78, 5) is 14.6. The van der Waals surface area contributed by atoms with Crippen LogP contribution in [0.15, 0.2) is 60.8 Å². The van der Waals surface area contributed by atoms with E-state index >= 15 is 0 Å². The molecule has 1 aromatic heterocycles. The molecule has 1 atom stereocenters. The van der Waals surface area contributed by atoms with Crippen molar-refractivity contribution >= 4 is 5.91 Å². The zero-order chi connectivity index (χ0) is 17.2. The van der Waals surface area contributed by atoms with E-state index in [1.165, 1.54) is 0 Å². The number of nitrogens with one attached hydrogen (secondary N) is 1. The average molecular weight is 332 g/mol. The summed E-state index contributed by atoms with van der Waals surface area (Å²) in [6, 6.07) is 17.4. The molecule has 0 fully saturated rings. The number of aromatic nitrogens is 2. The monoisotopic (exact) mass is 332 g/mol. The van der Waals surface area contributed by atoms with Crippen LogP contribution in [0.4, 0.5) is 0 Å². The number of H-pyrrole nitrogens is 1. The summed E-state index contributed by atoms with van der Waals surface area (Å²) in [6.45, 7) is 1.24. The third-order valence-corrected chi connectivity index (χ3v) is 4.76.